The number of amides is 1. The molecule has 0 bridgehead atoms. The minimum Gasteiger partial charge on any atom is -0.289 e. The van der Waals surface area contributed by atoms with Gasteiger partial charge in [-0.2, -0.15) is 18.2 Å². The van der Waals surface area contributed by atoms with Crippen LogP contribution in [0.5, 0.6) is 0 Å². The fraction of sp³-hybridized carbons (Fsp3) is 0.308. The van der Waals surface area contributed by atoms with Crippen LogP contribution in [0.25, 0.3) is 0 Å². The lowest BCUT2D eigenvalue weighted by Gasteiger charge is -2.10. The summed E-state index contributed by atoms with van der Waals surface area (Å²) in [5.74, 6) is -2.79. The third kappa shape index (κ3) is 4.76. The molecule has 1 aromatic carbocycles. The van der Waals surface area contributed by atoms with Crippen molar-refractivity contribution in [3.05, 3.63) is 35.7 Å². The topological polar surface area (TPSA) is 117 Å². The van der Waals surface area contributed by atoms with Crippen LogP contribution >= 0.6 is 0 Å². The van der Waals surface area contributed by atoms with E-state index in [0.29, 0.717) is 0 Å². The summed E-state index contributed by atoms with van der Waals surface area (Å²) in [4.78, 5) is 15.0. The molecular formula is C13H14F3N5O3S. The first-order valence-corrected chi connectivity index (χ1v) is 8.40. The van der Waals surface area contributed by atoms with Crippen LogP contribution < -0.4 is 10.0 Å². The van der Waals surface area contributed by atoms with Gasteiger partial charge in [-0.3, -0.25) is 15.2 Å². The molecule has 0 unspecified atom stereocenters. The van der Waals surface area contributed by atoms with Gasteiger partial charge in [0.05, 0.1) is 4.90 Å². The number of carbonyl (C=O) groups excluding carboxylic acids is 1. The van der Waals surface area contributed by atoms with Crippen molar-refractivity contribution in [2.75, 3.05) is 5.32 Å². The Morgan fingerprint density at radius 1 is 1.28 bits per heavy atom. The predicted molar refractivity (Wildman–Crippen MR) is 81.2 cm³/mol. The molecule has 1 amide bonds. The number of sulfonamides is 1. The van der Waals surface area contributed by atoms with Crippen molar-refractivity contribution in [2.24, 2.45) is 0 Å². The number of halogens is 3. The summed E-state index contributed by atoms with van der Waals surface area (Å²) in [5, 5.41) is 6.96. The van der Waals surface area contributed by atoms with E-state index in [2.05, 4.69) is 20.1 Å². The third-order valence-corrected chi connectivity index (χ3v) is 4.43. The van der Waals surface area contributed by atoms with Gasteiger partial charge in [0, 0.05) is 11.6 Å². The van der Waals surface area contributed by atoms with Crippen molar-refractivity contribution in [3.63, 3.8) is 0 Å². The number of benzene rings is 1. The van der Waals surface area contributed by atoms with Crippen LogP contribution in [0.4, 0.5) is 19.1 Å². The standard InChI is InChI=1S/C13H14F3N5O3S/c1-7(2)21-25(23,24)9-5-3-4-8(6-9)10(22)17-12-18-11(19-20-12)13(14,15)16/h3-7,21H,1-2H3,(H2,17,18,19,20,22). The number of H-pyrrole nitrogens is 1. The molecule has 0 saturated carbocycles. The Kier molecular flexibility index (Phi) is 5.13. The Hall–Kier alpha value is -2.47. The quantitative estimate of drug-likeness (QED) is 0.734. The smallest absolute Gasteiger partial charge is 0.289 e. The molecule has 0 saturated heterocycles. The summed E-state index contributed by atoms with van der Waals surface area (Å²) in [6.07, 6.45) is -4.73. The van der Waals surface area contributed by atoms with Crippen LogP contribution in [0.3, 0.4) is 0 Å². The van der Waals surface area contributed by atoms with Gasteiger partial charge in [-0.15, -0.1) is 5.10 Å². The van der Waals surface area contributed by atoms with Crippen LogP contribution in [-0.2, 0) is 16.2 Å². The molecule has 2 aromatic rings. The molecule has 0 aliphatic carbocycles. The lowest BCUT2D eigenvalue weighted by Crippen LogP contribution is -2.30. The molecule has 0 radical (unpaired) electrons. The van der Waals surface area contributed by atoms with E-state index in [9.17, 15) is 26.4 Å². The van der Waals surface area contributed by atoms with Gasteiger partial charge in [0.1, 0.15) is 0 Å². The molecular weight excluding hydrogens is 363 g/mol. The zero-order valence-corrected chi connectivity index (χ0v) is 13.9. The number of hydrogen-bond acceptors (Lipinski definition) is 5. The maximum Gasteiger partial charge on any atom is 0.451 e. The number of rotatable bonds is 5. The molecule has 1 aromatic heterocycles. The van der Waals surface area contributed by atoms with E-state index in [1.54, 1.807) is 18.9 Å². The Bertz CT molecular complexity index is 877. The fourth-order valence-electron chi connectivity index (χ4n) is 1.80. The summed E-state index contributed by atoms with van der Waals surface area (Å²) >= 11 is 0. The van der Waals surface area contributed by atoms with Gasteiger partial charge in [0.15, 0.2) is 0 Å². The molecule has 0 aliphatic rings. The number of aromatic amines is 1. The first-order chi connectivity index (χ1) is 11.5. The van der Waals surface area contributed by atoms with E-state index >= 15 is 0 Å². The number of carbonyl (C=O) groups is 1. The zero-order valence-electron chi connectivity index (χ0n) is 13.0. The van der Waals surface area contributed by atoms with E-state index in [1.807, 2.05) is 0 Å². The Labute approximate surface area is 140 Å². The molecule has 12 heteroatoms. The maximum absolute atomic E-state index is 12.4. The summed E-state index contributed by atoms with van der Waals surface area (Å²) in [7, 11) is -3.82. The van der Waals surface area contributed by atoms with Crippen molar-refractivity contribution in [1.29, 1.82) is 0 Å². The van der Waals surface area contributed by atoms with Gasteiger partial charge in [-0.1, -0.05) is 6.07 Å². The molecule has 0 atom stereocenters. The van der Waals surface area contributed by atoms with Crippen molar-refractivity contribution >= 4 is 21.9 Å². The van der Waals surface area contributed by atoms with Crippen molar-refractivity contribution in [3.8, 4) is 0 Å². The lowest BCUT2D eigenvalue weighted by molar-refractivity contribution is -0.144. The van der Waals surface area contributed by atoms with Gasteiger partial charge < -0.3 is 0 Å². The highest BCUT2D eigenvalue weighted by molar-refractivity contribution is 7.89. The largest absolute Gasteiger partial charge is 0.451 e. The number of anilines is 1. The van der Waals surface area contributed by atoms with E-state index in [1.165, 1.54) is 18.2 Å². The predicted octanol–water partition coefficient (Wildman–Crippen LogP) is 1.76. The van der Waals surface area contributed by atoms with Gasteiger partial charge >= 0.3 is 6.18 Å². The van der Waals surface area contributed by atoms with Gasteiger partial charge in [-0.05, 0) is 32.0 Å². The number of hydrogen-bond donors (Lipinski definition) is 3. The molecule has 0 spiro atoms. The second-order valence-electron chi connectivity index (χ2n) is 5.26. The summed E-state index contributed by atoms with van der Waals surface area (Å²) in [6, 6.07) is 4.67. The third-order valence-electron chi connectivity index (χ3n) is 2.78. The second-order valence-corrected chi connectivity index (χ2v) is 6.98. The van der Waals surface area contributed by atoms with Crippen LogP contribution in [0.1, 0.15) is 30.0 Å². The highest BCUT2D eigenvalue weighted by atomic mass is 32.2. The fourth-order valence-corrected chi connectivity index (χ4v) is 3.10. The first-order valence-electron chi connectivity index (χ1n) is 6.92. The minimum absolute atomic E-state index is 0.0787. The van der Waals surface area contributed by atoms with E-state index in [0.717, 1.165) is 6.07 Å². The SMILES string of the molecule is CC(C)NS(=O)(=O)c1cccc(C(=O)Nc2n[nH]c(C(F)(F)F)n2)c1. The van der Waals surface area contributed by atoms with Crippen LogP contribution in [0.2, 0.25) is 0 Å². The molecule has 0 fully saturated rings. The number of nitrogens with zero attached hydrogens (tertiary/aromatic N) is 2. The number of alkyl halides is 3. The number of aromatic nitrogens is 3. The maximum atomic E-state index is 12.4. The van der Waals surface area contributed by atoms with Gasteiger partial charge in [0.25, 0.3) is 5.91 Å². The first kappa shape index (κ1) is 18.9. The monoisotopic (exact) mass is 377 g/mol. The van der Waals surface area contributed by atoms with Crippen LogP contribution in [0, 0.1) is 0 Å². The van der Waals surface area contributed by atoms with E-state index in [-0.39, 0.29) is 16.5 Å². The Balaban J connectivity index is 2.20. The second kappa shape index (κ2) is 6.80. The molecule has 8 nitrogen and oxygen atoms in total. The summed E-state index contributed by atoms with van der Waals surface area (Å²) in [5.41, 5.74) is -0.0787. The molecule has 136 valence electrons. The molecule has 0 aliphatic heterocycles. The molecule has 25 heavy (non-hydrogen) atoms. The summed E-state index contributed by atoms with van der Waals surface area (Å²) < 4.78 is 63.8. The zero-order chi connectivity index (χ0) is 18.8. The normalized spacial score (nSPS) is 12.4. The molecule has 1 heterocycles. The molecule has 3 N–H and O–H groups in total. The van der Waals surface area contributed by atoms with Crippen LogP contribution in [0.15, 0.2) is 29.2 Å². The Morgan fingerprint density at radius 2 is 1.96 bits per heavy atom. The van der Waals surface area contributed by atoms with Crippen LogP contribution in [-0.4, -0.2) is 35.5 Å². The van der Waals surface area contributed by atoms with Crippen molar-refractivity contribution in [2.45, 2.75) is 31.0 Å². The minimum atomic E-state index is -4.73. The lowest BCUT2D eigenvalue weighted by atomic mass is 10.2. The summed E-state index contributed by atoms with van der Waals surface area (Å²) in [6.45, 7) is 3.27. The van der Waals surface area contributed by atoms with Crippen molar-refractivity contribution < 1.29 is 26.4 Å². The van der Waals surface area contributed by atoms with Crippen molar-refractivity contribution in [1.82, 2.24) is 19.9 Å². The highest BCUT2D eigenvalue weighted by Crippen LogP contribution is 2.26. The van der Waals surface area contributed by atoms with E-state index in [4.69, 9.17) is 0 Å². The van der Waals surface area contributed by atoms with Gasteiger partial charge in [0.2, 0.25) is 21.8 Å². The number of nitrogens with one attached hydrogen (secondary N) is 3. The molecule has 2 rings (SSSR count). The average Bonchev–Trinajstić information content (AvgIpc) is 2.94. The average molecular weight is 377 g/mol. The van der Waals surface area contributed by atoms with Gasteiger partial charge in [-0.25, -0.2) is 13.1 Å². The van der Waals surface area contributed by atoms with E-state index < -0.39 is 33.9 Å². The Morgan fingerprint density at radius 3 is 2.52 bits per heavy atom. The highest BCUT2D eigenvalue weighted by Gasteiger charge is 2.35.